The molecule has 5 aromatic carbocycles. The van der Waals surface area contributed by atoms with E-state index in [0.717, 1.165) is 30.8 Å². The fourth-order valence-electron chi connectivity index (χ4n) is 7.71. The van der Waals surface area contributed by atoms with Crippen molar-refractivity contribution in [1.29, 1.82) is 5.26 Å². The summed E-state index contributed by atoms with van der Waals surface area (Å²) in [5.41, 5.74) is 10.1. The van der Waals surface area contributed by atoms with Crippen molar-refractivity contribution in [2.75, 3.05) is 0 Å². The van der Waals surface area contributed by atoms with Gasteiger partial charge in [0.15, 0.2) is 0 Å². The fourth-order valence-corrected chi connectivity index (χ4v) is 7.71. The number of fused-ring (bicyclic) bond motifs is 12. The van der Waals surface area contributed by atoms with Gasteiger partial charge in [0, 0.05) is 68.5 Å². The summed E-state index contributed by atoms with van der Waals surface area (Å²) in [6, 6.07) is 33.8. The van der Waals surface area contributed by atoms with Crippen LogP contribution in [0.25, 0.3) is 82.6 Å². The fraction of sp³-hybridized carbons (Fsp3) is 0.150. The van der Waals surface area contributed by atoms with Gasteiger partial charge in [0.1, 0.15) is 11.6 Å². The maximum Gasteiger partial charge on any atom is 0.346 e. The highest BCUT2D eigenvalue weighted by molar-refractivity contribution is 6.39. The summed E-state index contributed by atoms with van der Waals surface area (Å²) in [5, 5.41) is 26.1. The monoisotopic (exact) mass is 600 g/mol. The number of hydrogen-bond acceptors (Lipinski definition) is 2. The van der Waals surface area contributed by atoms with E-state index in [9.17, 15) is 15.2 Å². The van der Waals surface area contributed by atoms with E-state index in [1.165, 1.54) is 71.5 Å². The Hall–Kier alpha value is -5.80. The van der Waals surface area contributed by atoms with Crippen LogP contribution in [-0.2, 0) is 24.4 Å². The zero-order chi connectivity index (χ0) is 31.7. The van der Waals surface area contributed by atoms with E-state index < -0.39 is 5.97 Å². The van der Waals surface area contributed by atoms with E-state index in [0.29, 0.717) is 5.56 Å². The topological polar surface area (TPSA) is 75.9 Å². The van der Waals surface area contributed by atoms with Crippen molar-refractivity contribution < 1.29 is 9.90 Å². The molecule has 0 amide bonds. The summed E-state index contributed by atoms with van der Waals surface area (Å²) in [5.74, 6) is -1.23. The summed E-state index contributed by atoms with van der Waals surface area (Å²) in [4.78, 5) is 11.4. The lowest BCUT2D eigenvalue weighted by atomic mass is 9.99. The first-order valence-corrected chi connectivity index (χ1v) is 15.9. The van der Waals surface area contributed by atoms with Crippen LogP contribution in [0.3, 0.4) is 0 Å². The van der Waals surface area contributed by atoms with Crippen molar-refractivity contribution in [2.45, 2.75) is 40.4 Å². The molecule has 0 bridgehead atoms. The molecule has 0 spiro atoms. The first-order chi connectivity index (χ1) is 22.5. The minimum atomic E-state index is -1.23. The maximum atomic E-state index is 11.4. The Bertz CT molecular complexity index is 2580. The van der Waals surface area contributed by atoms with Crippen LogP contribution in [0.4, 0.5) is 0 Å². The van der Waals surface area contributed by atoms with Crippen molar-refractivity contribution in [3.8, 4) is 17.2 Å². The Balaban J connectivity index is 1.53. The molecule has 0 fully saturated rings. The van der Waals surface area contributed by atoms with Crippen molar-refractivity contribution in [3.63, 3.8) is 0 Å². The van der Waals surface area contributed by atoms with Crippen LogP contribution in [0.1, 0.15) is 26.3 Å². The number of aliphatic carboxylic acids is 1. The van der Waals surface area contributed by atoms with Gasteiger partial charge < -0.3 is 18.8 Å². The summed E-state index contributed by atoms with van der Waals surface area (Å²) in [6.45, 7) is 9.28. The molecule has 0 saturated heterocycles. The molecule has 0 atom stereocenters. The number of carboxylic acid groups (broad SMARTS) is 1. The predicted octanol–water partition coefficient (Wildman–Crippen LogP) is 9.73. The second-order valence-electron chi connectivity index (χ2n) is 11.8. The molecular weight excluding hydrogens is 568 g/mol. The van der Waals surface area contributed by atoms with E-state index in [2.05, 4.69) is 101 Å². The van der Waals surface area contributed by atoms with Crippen LogP contribution in [0.15, 0.2) is 96.6 Å². The molecule has 8 aromatic rings. The average Bonchev–Trinajstić information content (AvgIpc) is 3.71. The number of nitriles is 1. The molecule has 224 valence electrons. The summed E-state index contributed by atoms with van der Waals surface area (Å²) in [7, 11) is 0. The van der Waals surface area contributed by atoms with Crippen LogP contribution in [0, 0.1) is 11.3 Å². The van der Waals surface area contributed by atoms with Gasteiger partial charge in [-0.3, -0.25) is 0 Å². The normalized spacial score (nSPS) is 12.3. The molecule has 0 aliphatic heterocycles. The van der Waals surface area contributed by atoms with E-state index in [4.69, 9.17) is 0 Å². The molecule has 3 heterocycles. The lowest BCUT2D eigenvalue weighted by Gasteiger charge is -2.10. The zero-order valence-corrected chi connectivity index (χ0v) is 26.0. The number of rotatable bonds is 6. The Morgan fingerprint density at radius 1 is 0.652 bits per heavy atom. The van der Waals surface area contributed by atoms with Gasteiger partial charge in [-0.05, 0) is 67.8 Å². The molecule has 46 heavy (non-hydrogen) atoms. The molecule has 0 aliphatic rings. The molecular formula is C40H32N4O2. The van der Waals surface area contributed by atoms with E-state index in [1.807, 2.05) is 24.3 Å². The second-order valence-corrected chi connectivity index (χ2v) is 11.8. The highest BCUT2D eigenvalue weighted by Crippen LogP contribution is 2.48. The third-order valence-electron chi connectivity index (χ3n) is 9.57. The second kappa shape index (κ2) is 10.4. The number of nitrogens with zero attached hydrogens (tertiary/aromatic N) is 4. The number of para-hydroxylation sites is 2. The Kier molecular flexibility index (Phi) is 6.26. The zero-order valence-electron chi connectivity index (χ0n) is 26.0. The van der Waals surface area contributed by atoms with Crippen LogP contribution in [0.5, 0.6) is 0 Å². The Morgan fingerprint density at radius 2 is 1.11 bits per heavy atom. The number of carbonyl (C=O) groups is 1. The standard InChI is InChI=1S/C40H32N4O2/c1-4-42-31-13-9-7-11-28(31)35-37(42)34-29-12-8-10-14-32(29)43(5-2)38(34)36-30-22-26(19-20-33(30)44(6-3)39(35)36)25-17-15-24(16-18-25)21-27(23-41)40(45)46/h7-22H,4-6H2,1-3H3,(H,45,46)/b27-21+. The van der Waals surface area contributed by atoms with Crippen molar-refractivity contribution >= 4 is 77.5 Å². The van der Waals surface area contributed by atoms with E-state index >= 15 is 0 Å². The van der Waals surface area contributed by atoms with Gasteiger partial charge in [0.2, 0.25) is 0 Å². The number of aromatic nitrogens is 3. The molecule has 3 aromatic heterocycles. The van der Waals surface area contributed by atoms with Gasteiger partial charge in [0.05, 0.1) is 16.6 Å². The van der Waals surface area contributed by atoms with E-state index in [-0.39, 0.29) is 5.57 Å². The van der Waals surface area contributed by atoms with Gasteiger partial charge >= 0.3 is 5.97 Å². The highest BCUT2D eigenvalue weighted by atomic mass is 16.4. The lowest BCUT2D eigenvalue weighted by Crippen LogP contribution is -1.98. The number of hydrogen-bond donors (Lipinski definition) is 1. The maximum absolute atomic E-state index is 11.4. The Labute approximate surface area is 265 Å². The first-order valence-electron chi connectivity index (χ1n) is 15.9. The summed E-state index contributed by atoms with van der Waals surface area (Å²) in [6.07, 6.45) is 1.41. The molecule has 0 radical (unpaired) electrons. The van der Waals surface area contributed by atoms with Crippen LogP contribution in [0.2, 0.25) is 0 Å². The van der Waals surface area contributed by atoms with Crippen molar-refractivity contribution in [3.05, 3.63) is 102 Å². The third kappa shape index (κ3) is 3.72. The largest absolute Gasteiger partial charge is 0.477 e. The van der Waals surface area contributed by atoms with Gasteiger partial charge in [0.25, 0.3) is 0 Å². The highest BCUT2D eigenvalue weighted by Gasteiger charge is 2.26. The summed E-state index contributed by atoms with van der Waals surface area (Å²) < 4.78 is 7.48. The molecule has 0 aliphatic carbocycles. The SMILES string of the molecule is CCn1c2ccccc2c2c1c1c3ccccc3n(CC)c1c1c3cc(-c4ccc(/C=C(\C#N)C(=O)O)cc4)ccc3n(CC)c21. The molecule has 8 rings (SSSR count). The molecule has 0 unspecified atom stereocenters. The first kappa shape index (κ1) is 27.7. The van der Waals surface area contributed by atoms with Crippen LogP contribution in [-0.4, -0.2) is 24.8 Å². The van der Waals surface area contributed by atoms with Crippen LogP contribution >= 0.6 is 0 Å². The van der Waals surface area contributed by atoms with Crippen molar-refractivity contribution in [2.24, 2.45) is 0 Å². The van der Waals surface area contributed by atoms with E-state index in [1.54, 1.807) is 6.07 Å². The smallest absolute Gasteiger partial charge is 0.346 e. The minimum absolute atomic E-state index is 0.285. The van der Waals surface area contributed by atoms with Crippen LogP contribution < -0.4 is 0 Å². The van der Waals surface area contributed by atoms with Crippen molar-refractivity contribution in [1.82, 2.24) is 13.7 Å². The molecule has 1 N–H and O–H groups in total. The van der Waals surface area contributed by atoms with Gasteiger partial charge in [-0.1, -0.05) is 66.7 Å². The quantitative estimate of drug-likeness (QED) is 0.152. The minimum Gasteiger partial charge on any atom is -0.477 e. The van der Waals surface area contributed by atoms with Gasteiger partial charge in [-0.2, -0.15) is 5.26 Å². The average molecular weight is 601 g/mol. The Morgan fingerprint density at radius 3 is 1.59 bits per heavy atom. The third-order valence-corrected chi connectivity index (χ3v) is 9.57. The number of aryl methyl sites for hydroxylation is 3. The van der Waals surface area contributed by atoms with Gasteiger partial charge in [-0.25, -0.2) is 4.79 Å². The van der Waals surface area contributed by atoms with Gasteiger partial charge in [-0.15, -0.1) is 0 Å². The molecule has 0 saturated carbocycles. The number of carboxylic acids is 1. The molecule has 6 heteroatoms. The summed E-state index contributed by atoms with van der Waals surface area (Å²) >= 11 is 0. The lowest BCUT2D eigenvalue weighted by molar-refractivity contribution is -0.132. The predicted molar refractivity (Wildman–Crippen MR) is 189 cm³/mol. The number of benzene rings is 5. The molecule has 6 nitrogen and oxygen atoms in total.